The molecule has 0 fully saturated rings. The van der Waals surface area contributed by atoms with E-state index in [2.05, 4.69) is 10.1 Å². The van der Waals surface area contributed by atoms with Gasteiger partial charge in [-0.3, -0.25) is 0 Å². The quantitative estimate of drug-likeness (QED) is 0.867. The highest BCUT2D eigenvalue weighted by Gasteiger charge is 2.25. The lowest BCUT2D eigenvalue weighted by molar-refractivity contribution is -0.0522. The summed E-state index contributed by atoms with van der Waals surface area (Å²) in [5.74, 6) is -0.938. The van der Waals surface area contributed by atoms with Crippen molar-refractivity contribution in [2.24, 2.45) is 0 Å². The second-order valence-corrected chi connectivity index (χ2v) is 3.35. The number of likely N-dealkylation sites (N-methyl/N-ethyl adjacent to an activating group) is 1. The molecule has 1 unspecified atom stereocenters. The molecule has 1 atom stereocenters. The Hall–Kier alpha value is -1.43. The number of nitrogens with one attached hydrogen (secondary N) is 1. The van der Waals surface area contributed by atoms with Gasteiger partial charge in [-0.2, -0.15) is 8.78 Å². The Morgan fingerprint density at radius 1 is 1.50 bits per heavy atom. The van der Waals surface area contributed by atoms with Gasteiger partial charge in [0.2, 0.25) is 0 Å². The van der Waals surface area contributed by atoms with E-state index in [-0.39, 0.29) is 6.04 Å². The van der Waals surface area contributed by atoms with Crippen LogP contribution >= 0.6 is 0 Å². The number of fused-ring (bicyclic) bond motifs is 1. The minimum Gasteiger partial charge on any atom is -0.491 e. The lowest BCUT2D eigenvalue weighted by Crippen LogP contribution is -2.17. The van der Waals surface area contributed by atoms with E-state index < -0.39 is 18.2 Å². The Morgan fingerprint density at radius 3 is 2.88 bits per heavy atom. The largest absolute Gasteiger partial charge is 0.491 e. The Morgan fingerprint density at radius 2 is 2.25 bits per heavy atom. The van der Waals surface area contributed by atoms with Crippen LogP contribution in [0.3, 0.4) is 0 Å². The molecule has 1 N–H and O–H groups in total. The summed E-state index contributed by atoms with van der Waals surface area (Å²) in [7, 11) is 1.71. The second kappa shape index (κ2) is 4.21. The van der Waals surface area contributed by atoms with Crippen LogP contribution in [-0.4, -0.2) is 20.3 Å². The highest BCUT2D eigenvalue weighted by atomic mass is 19.3. The molecular formula is C10H10F3NO2. The van der Waals surface area contributed by atoms with Gasteiger partial charge in [-0.05, 0) is 13.1 Å². The SMILES string of the molecule is CNC1COc2cc(OC(F)F)c(F)cc21. The molecule has 1 aliphatic rings. The summed E-state index contributed by atoms with van der Waals surface area (Å²) in [4.78, 5) is 0. The van der Waals surface area contributed by atoms with Crippen LogP contribution in [0.5, 0.6) is 11.5 Å². The van der Waals surface area contributed by atoms with Crippen LogP contribution in [0.25, 0.3) is 0 Å². The van der Waals surface area contributed by atoms with Gasteiger partial charge in [0.15, 0.2) is 11.6 Å². The molecule has 0 saturated heterocycles. The Kier molecular flexibility index (Phi) is 2.91. The van der Waals surface area contributed by atoms with Crippen molar-refractivity contribution in [1.82, 2.24) is 5.32 Å². The third kappa shape index (κ3) is 1.92. The van der Waals surface area contributed by atoms with E-state index in [0.717, 1.165) is 12.1 Å². The van der Waals surface area contributed by atoms with Gasteiger partial charge in [-0.1, -0.05) is 0 Å². The van der Waals surface area contributed by atoms with Gasteiger partial charge in [0.1, 0.15) is 12.4 Å². The fraction of sp³-hybridized carbons (Fsp3) is 0.400. The summed E-state index contributed by atoms with van der Waals surface area (Å²) in [6.07, 6.45) is 0. The summed E-state index contributed by atoms with van der Waals surface area (Å²) in [6, 6.07) is 2.18. The minimum atomic E-state index is -3.05. The zero-order chi connectivity index (χ0) is 11.7. The molecule has 0 bridgehead atoms. The van der Waals surface area contributed by atoms with Crippen molar-refractivity contribution in [2.75, 3.05) is 13.7 Å². The fourth-order valence-electron chi connectivity index (χ4n) is 1.64. The maximum Gasteiger partial charge on any atom is 0.387 e. The van der Waals surface area contributed by atoms with Gasteiger partial charge < -0.3 is 14.8 Å². The average molecular weight is 233 g/mol. The van der Waals surface area contributed by atoms with Crippen molar-refractivity contribution >= 4 is 0 Å². The maximum absolute atomic E-state index is 13.4. The summed E-state index contributed by atoms with van der Waals surface area (Å²) in [5.41, 5.74) is 0.613. The third-order valence-corrected chi connectivity index (χ3v) is 2.41. The molecule has 0 spiro atoms. The van der Waals surface area contributed by atoms with Crippen molar-refractivity contribution in [3.63, 3.8) is 0 Å². The predicted molar refractivity (Wildman–Crippen MR) is 50.3 cm³/mol. The average Bonchev–Trinajstić information content (AvgIpc) is 2.60. The number of alkyl halides is 2. The van der Waals surface area contributed by atoms with E-state index in [4.69, 9.17) is 4.74 Å². The highest BCUT2D eigenvalue weighted by Crippen LogP contribution is 2.37. The topological polar surface area (TPSA) is 30.5 Å². The van der Waals surface area contributed by atoms with Gasteiger partial charge in [-0.25, -0.2) is 4.39 Å². The Bertz CT molecular complexity index is 398. The van der Waals surface area contributed by atoms with E-state index >= 15 is 0 Å². The number of rotatable bonds is 3. The van der Waals surface area contributed by atoms with Gasteiger partial charge in [0, 0.05) is 11.6 Å². The first-order valence-corrected chi connectivity index (χ1v) is 4.70. The number of halogens is 3. The van der Waals surface area contributed by atoms with E-state index in [1.165, 1.54) is 0 Å². The van der Waals surface area contributed by atoms with Crippen molar-refractivity contribution < 1.29 is 22.6 Å². The molecule has 0 aliphatic carbocycles. The lowest BCUT2D eigenvalue weighted by atomic mass is 10.1. The predicted octanol–water partition coefficient (Wildman–Crippen LogP) is 2.08. The Labute approximate surface area is 90.2 Å². The van der Waals surface area contributed by atoms with Crippen LogP contribution < -0.4 is 14.8 Å². The molecule has 0 amide bonds. The first-order valence-electron chi connectivity index (χ1n) is 4.70. The molecule has 6 heteroatoms. The molecule has 1 aliphatic heterocycles. The van der Waals surface area contributed by atoms with Crippen LogP contribution in [-0.2, 0) is 0 Å². The fourth-order valence-corrected chi connectivity index (χ4v) is 1.64. The molecule has 16 heavy (non-hydrogen) atoms. The van der Waals surface area contributed by atoms with Crippen molar-refractivity contribution in [1.29, 1.82) is 0 Å². The van der Waals surface area contributed by atoms with Gasteiger partial charge in [-0.15, -0.1) is 0 Å². The number of hydrogen-bond acceptors (Lipinski definition) is 3. The number of benzene rings is 1. The normalized spacial score (nSPS) is 18.4. The third-order valence-electron chi connectivity index (χ3n) is 2.41. The first-order chi connectivity index (χ1) is 7.61. The minimum absolute atomic E-state index is 0.120. The lowest BCUT2D eigenvalue weighted by Gasteiger charge is -2.09. The van der Waals surface area contributed by atoms with Gasteiger partial charge >= 0.3 is 6.61 Å². The summed E-state index contributed by atoms with van der Waals surface area (Å²) < 4.78 is 46.5. The number of ether oxygens (including phenoxy) is 2. The monoisotopic (exact) mass is 233 g/mol. The maximum atomic E-state index is 13.4. The summed E-state index contributed by atoms with van der Waals surface area (Å²) >= 11 is 0. The van der Waals surface area contributed by atoms with Crippen LogP contribution in [0, 0.1) is 5.82 Å². The molecule has 0 saturated carbocycles. The molecule has 0 radical (unpaired) electrons. The van der Waals surface area contributed by atoms with Crippen LogP contribution in [0.1, 0.15) is 11.6 Å². The molecule has 2 rings (SSSR count). The smallest absolute Gasteiger partial charge is 0.387 e. The van der Waals surface area contributed by atoms with E-state index in [1.807, 2.05) is 0 Å². The second-order valence-electron chi connectivity index (χ2n) is 3.35. The van der Waals surface area contributed by atoms with Crippen LogP contribution in [0.4, 0.5) is 13.2 Å². The van der Waals surface area contributed by atoms with Crippen molar-refractivity contribution in [3.8, 4) is 11.5 Å². The van der Waals surface area contributed by atoms with Crippen molar-refractivity contribution in [3.05, 3.63) is 23.5 Å². The van der Waals surface area contributed by atoms with Crippen molar-refractivity contribution in [2.45, 2.75) is 12.7 Å². The first kappa shape index (κ1) is 11.1. The number of hydrogen-bond donors (Lipinski definition) is 1. The van der Waals surface area contributed by atoms with E-state index in [9.17, 15) is 13.2 Å². The summed E-state index contributed by atoms with van der Waals surface area (Å²) in [5, 5.41) is 2.93. The van der Waals surface area contributed by atoms with Gasteiger partial charge in [0.25, 0.3) is 0 Å². The van der Waals surface area contributed by atoms with Gasteiger partial charge in [0.05, 0.1) is 6.04 Å². The zero-order valence-corrected chi connectivity index (χ0v) is 8.47. The standard InChI is InChI=1S/C10H10F3NO2/c1-14-7-4-15-8-3-9(16-10(12)13)6(11)2-5(7)8/h2-3,7,10,14H,4H2,1H3. The highest BCUT2D eigenvalue weighted by molar-refractivity contribution is 5.45. The van der Waals surface area contributed by atoms with Crippen LogP contribution in [0.15, 0.2) is 12.1 Å². The molecule has 3 nitrogen and oxygen atoms in total. The summed E-state index contributed by atoms with van der Waals surface area (Å²) in [6.45, 7) is -2.70. The molecular weight excluding hydrogens is 223 g/mol. The molecule has 88 valence electrons. The molecule has 1 aromatic carbocycles. The molecule has 1 heterocycles. The van der Waals surface area contributed by atoms with E-state index in [0.29, 0.717) is 17.9 Å². The zero-order valence-electron chi connectivity index (χ0n) is 8.47. The molecule has 0 aromatic heterocycles. The molecule has 1 aromatic rings. The Balaban J connectivity index is 2.33. The van der Waals surface area contributed by atoms with Crippen LogP contribution in [0.2, 0.25) is 0 Å². The van der Waals surface area contributed by atoms with E-state index in [1.54, 1.807) is 7.05 Å².